The van der Waals surface area contributed by atoms with Crippen LogP contribution in [-0.2, 0) is 4.79 Å². The number of amides is 2. The number of pyridine rings is 1. The Bertz CT molecular complexity index is 891. The lowest BCUT2D eigenvalue weighted by Crippen LogP contribution is -2.49. The van der Waals surface area contributed by atoms with E-state index in [0.717, 1.165) is 57.9 Å². The van der Waals surface area contributed by atoms with Crippen LogP contribution in [-0.4, -0.2) is 72.4 Å². The number of nitrogens with one attached hydrogen (secondary N) is 1. The normalized spacial score (nSPS) is 17.2. The number of hydrogen-bond donors (Lipinski definition) is 1. The van der Waals surface area contributed by atoms with Crippen molar-refractivity contribution < 1.29 is 9.59 Å². The summed E-state index contributed by atoms with van der Waals surface area (Å²) >= 11 is 6.10. The van der Waals surface area contributed by atoms with Crippen molar-refractivity contribution in [1.29, 1.82) is 0 Å². The predicted octanol–water partition coefficient (Wildman–Crippen LogP) is 2.73. The van der Waals surface area contributed by atoms with Crippen molar-refractivity contribution in [1.82, 2.24) is 14.8 Å². The Morgan fingerprint density at radius 2 is 1.70 bits per heavy atom. The summed E-state index contributed by atoms with van der Waals surface area (Å²) in [6.07, 6.45) is 3.84. The summed E-state index contributed by atoms with van der Waals surface area (Å²) in [7, 11) is 0. The number of nitrogens with zero attached hydrogens (tertiary/aromatic N) is 4. The zero-order valence-electron chi connectivity index (χ0n) is 16.9. The minimum Gasteiger partial charge on any atom is -0.354 e. The van der Waals surface area contributed by atoms with Crippen LogP contribution in [0.1, 0.15) is 23.2 Å². The quantitative estimate of drug-likeness (QED) is 0.794. The average molecular weight is 428 g/mol. The van der Waals surface area contributed by atoms with E-state index in [9.17, 15) is 9.59 Å². The van der Waals surface area contributed by atoms with Crippen LogP contribution >= 0.6 is 11.6 Å². The van der Waals surface area contributed by atoms with Gasteiger partial charge in [0.15, 0.2) is 0 Å². The number of carbonyl (C=O) groups excluding carboxylic acids is 2. The average Bonchev–Trinajstić information content (AvgIpc) is 3.30. The number of para-hydroxylation sites is 1. The third-order valence-corrected chi connectivity index (χ3v) is 5.93. The van der Waals surface area contributed by atoms with Gasteiger partial charge in [-0.25, -0.2) is 4.98 Å². The number of rotatable bonds is 5. The molecule has 7 nitrogen and oxygen atoms in total. The summed E-state index contributed by atoms with van der Waals surface area (Å²) in [4.78, 5) is 35.5. The van der Waals surface area contributed by atoms with Gasteiger partial charge in [0.1, 0.15) is 5.82 Å². The molecule has 2 fully saturated rings. The first-order valence-electron chi connectivity index (χ1n) is 10.4. The smallest absolute Gasteiger partial charge is 0.255 e. The lowest BCUT2D eigenvalue weighted by molar-refractivity contribution is -0.117. The van der Waals surface area contributed by atoms with Crippen molar-refractivity contribution in [3.05, 3.63) is 53.2 Å². The van der Waals surface area contributed by atoms with Crippen LogP contribution in [0, 0.1) is 0 Å². The van der Waals surface area contributed by atoms with Gasteiger partial charge < -0.3 is 15.1 Å². The number of piperazine rings is 1. The highest BCUT2D eigenvalue weighted by molar-refractivity contribution is 6.33. The van der Waals surface area contributed by atoms with Gasteiger partial charge in [-0.3, -0.25) is 14.5 Å². The molecule has 0 radical (unpaired) electrons. The molecule has 3 heterocycles. The molecule has 1 aromatic heterocycles. The molecule has 2 aliphatic rings. The molecular formula is C22H26ClN5O2. The van der Waals surface area contributed by atoms with Crippen LogP contribution in [0.15, 0.2) is 42.6 Å². The molecule has 2 aliphatic heterocycles. The molecule has 0 saturated carbocycles. The molecule has 0 unspecified atom stereocenters. The van der Waals surface area contributed by atoms with E-state index in [1.807, 2.05) is 29.2 Å². The van der Waals surface area contributed by atoms with Crippen LogP contribution < -0.4 is 10.2 Å². The fraction of sp³-hybridized carbons (Fsp3) is 0.409. The Morgan fingerprint density at radius 1 is 0.967 bits per heavy atom. The van der Waals surface area contributed by atoms with Crippen molar-refractivity contribution in [2.45, 2.75) is 12.8 Å². The van der Waals surface area contributed by atoms with Gasteiger partial charge in [-0.2, -0.15) is 0 Å². The summed E-state index contributed by atoms with van der Waals surface area (Å²) in [6.45, 7) is 5.12. The molecule has 0 spiro atoms. The van der Waals surface area contributed by atoms with E-state index in [2.05, 4.69) is 20.1 Å². The number of benzene rings is 1. The van der Waals surface area contributed by atoms with Crippen LogP contribution in [0.4, 0.5) is 11.5 Å². The highest BCUT2D eigenvalue weighted by atomic mass is 35.5. The Hall–Kier alpha value is -2.64. The number of aromatic nitrogens is 1. The van der Waals surface area contributed by atoms with Gasteiger partial charge in [-0.15, -0.1) is 0 Å². The third kappa shape index (κ3) is 4.91. The molecule has 30 heavy (non-hydrogen) atoms. The Balaban J connectivity index is 1.26. The van der Waals surface area contributed by atoms with Crippen LogP contribution in [0.3, 0.4) is 0 Å². The Labute approximate surface area is 181 Å². The fourth-order valence-electron chi connectivity index (χ4n) is 3.89. The van der Waals surface area contributed by atoms with Gasteiger partial charge in [0.05, 0.1) is 22.8 Å². The molecule has 2 saturated heterocycles. The number of halogens is 1. The first-order chi connectivity index (χ1) is 14.6. The second kappa shape index (κ2) is 9.45. The summed E-state index contributed by atoms with van der Waals surface area (Å²) < 4.78 is 0. The van der Waals surface area contributed by atoms with Gasteiger partial charge in [-0.1, -0.05) is 23.7 Å². The van der Waals surface area contributed by atoms with E-state index < -0.39 is 0 Å². The largest absolute Gasteiger partial charge is 0.354 e. The van der Waals surface area contributed by atoms with E-state index in [-0.39, 0.29) is 11.8 Å². The van der Waals surface area contributed by atoms with Crippen molar-refractivity contribution in [3.63, 3.8) is 0 Å². The molecule has 1 aromatic carbocycles. The summed E-state index contributed by atoms with van der Waals surface area (Å²) in [5, 5.41) is 3.40. The van der Waals surface area contributed by atoms with Gasteiger partial charge in [0.25, 0.3) is 5.91 Å². The van der Waals surface area contributed by atoms with E-state index in [0.29, 0.717) is 22.8 Å². The summed E-state index contributed by atoms with van der Waals surface area (Å²) in [6, 6.07) is 11.0. The van der Waals surface area contributed by atoms with E-state index in [1.165, 1.54) is 0 Å². The van der Waals surface area contributed by atoms with Crippen molar-refractivity contribution in [2.24, 2.45) is 0 Å². The molecule has 2 amide bonds. The number of carbonyl (C=O) groups is 2. The lowest BCUT2D eigenvalue weighted by atomic mass is 10.2. The second-order valence-corrected chi connectivity index (χ2v) is 8.10. The van der Waals surface area contributed by atoms with Gasteiger partial charge in [-0.05, 0) is 37.1 Å². The van der Waals surface area contributed by atoms with Gasteiger partial charge in [0.2, 0.25) is 5.91 Å². The summed E-state index contributed by atoms with van der Waals surface area (Å²) in [5.74, 6) is 0.869. The first-order valence-corrected chi connectivity index (χ1v) is 10.7. The maximum Gasteiger partial charge on any atom is 0.255 e. The summed E-state index contributed by atoms with van der Waals surface area (Å²) in [5.41, 5.74) is 1.28. The fourth-order valence-corrected chi connectivity index (χ4v) is 4.08. The number of likely N-dealkylation sites (tertiary alicyclic amines) is 1. The van der Waals surface area contributed by atoms with Crippen molar-refractivity contribution >= 4 is 34.9 Å². The van der Waals surface area contributed by atoms with Crippen molar-refractivity contribution in [3.8, 4) is 0 Å². The molecule has 0 atom stereocenters. The lowest BCUT2D eigenvalue weighted by Gasteiger charge is -2.35. The highest BCUT2D eigenvalue weighted by Gasteiger charge is 2.22. The molecule has 0 bridgehead atoms. The number of hydrogen-bond acceptors (Lipinski definition) is 5. The molecule has 158 valence electrons. The molecule has 0 aliphatic carbocycles. The molecular weight excluding hydrogens is 402 g/mol. The van der Waals surface area contributed by atoms with E-state index in [1.54, 1.807) is 18.3 Å². The predicted molar refractivity (Wildman–Crippen MR) is 118 cm³/mol. The van der Waals surface area contributed by atoms with Crippen LogP contribution in [0.5, 0.6) is 0 Å². The van der Waals surface area contributed by atoms with Gasteiger partial charge in [0, 0.05) is 45.5 Å². The maximum atomic E-state index is 12.5. The maximum absolute atomic E-state index is 12.5. The van der Waals surface area contributed by atoms with E-state index in [4.69, 9.17) is 11.6 Å². The zero-order valence-corrected chi connectivity index (χ0v) is 17.6. The standard InChI is InChI=1S/C22H26ClN5O2/c23-18-5-1-2-6-19(18)25-21(29)16-26-11-13-27(14-12-26)20-8-7-17(15-24-20)22(30)28-9-3-4-10-28/h1-2,5-8,15H,3-4,9-14,16H2,(H,25,29). The first kappa shape index (κ1) is 20.6. The monoisotopic (exact) mass is 427 g/mol. The highest BCUT2D eigenvalue weighted by Crippen LogP contribution is 2.21. The second-order valence-electron chi connectivity index (χ2n) is 7.70. The SMILES string of the molecule is O=C(CN1CCN(c2ccc(C(=O)N3CCCC3)cn2)CC1)Nc1ccccc1Cl. The topological polar surface area (TPSA) is 68.8 Å². The molecule has 8 heteroatoms. The molecule has 4 rings (SSSR count). The van der Waals surface area contributed by atoms with Crippen molar-refractivity contribution in [2.75, 3.05) is 56.0 Å². The minimum atomic E-state index is -0.0700. The molecule has 1 N–H and O–H groups in total. The van der Waals surface area contributed by atoms with Gasteiger partial charge >= 0.3 is 0 Å². The van der Waals surface area contributed by atoms with E-state index >= 15 is 0 Å². The Morgan fingerprint density at radius 3 is 2.37 bits per heavy atom. The van der Waals surface area contributed by atoms with Crippen LogP contribution in [0.25, 0.3) is 0 Å². The zero-order chi connectivity index (χ0) is 20.9. The number of anilines is 2. The minimum absolute atomic E-state index is 0.0700. The van der Waals surface area contributed by atoms with Crippen LogP contribution in [0.2, 0.25) is 5.02 Å². The third-order valence-electron chi connectivity index (χ3n) is 5.60. The Kier molecular flexibility index (Phi) is 6.50. The molecule has 2 aromatic rings.